The third-order valence-electron chi connectivity index (χ3n) is 2.52. The lowest BCUT2D eigenvalue weighted by molar-refractivity contribution is 0.0530. The first-order chi connectivity index (χ1) is 10.4. The van der Waals surface area contributed by atoms with Gasteiger partial charge in [-0.05, 0) is 38.1 Å². The lowest BCUT2D eigenvalue weighted by Gasteiger charge is -2.19. The summed E-state index contributed by atoms with van der Waals surface area (Å²) in [5, 5.41) is 9.43. The first-order valence-corrected chi connectivity index (χ1v) is 7.04. The molecular weight excluding hydrogens is 284 g/mol. The molecule has 2 N–H and O–H groups in total. The van der Waals surface area contributed by atoms with Gasteiger partial charge in [0.05, 0.1) is 0 Å². The van der Waals surface area contributed by atoms with Crippen LogP contribution in [0.25, 0.3) is 11.5 Å². The van der Waals surface area contributed by atoms with Gasteiger partial charge in [-0.3, -0.25) is 0 Å². The standard InChI is InChI=1S/C15H20N4O3/c1-15(2,3)21-14(20)17-10-9-16-13-18-12(22-19-13)11-7-5-4-6-8-11/h4-8H,9-10H2,1-3H3,(H,16,19)(H,17,20). The fourth-order valence-electron chi connectivity index (χ4n) is 1.65. The number of ether oxygens (including phenoxy) is 1. The Morgan fingerprint density at radius 1 is 1.23 bits per heavy atom. The van der Waals surface area contributed by atoms with Gasteiger partial charge in [0.25, 0.3) is 11.8 Å². The van der Waals surface area contributed by atoms with E-state index in [1.807, 2.05) is 51.1 Å². The Kier molecular flexibility index (Phi) is 4.98. The number of carbonyl (C=O) groups excluding carboxylic acids is 1. The molecule has 7 heteroatoms. The molecule has 0 saturated heterocycles. The third kappa shape index (κ3) is 5.08. The summed E-state index contributed by atoms with van der Waals surface area (Å²) in [4.78, 5) is 15.7. The molecule has 0 fully saturated rings. The quantitative estimate of drug-likeness (QED) is 0.825. The van der Waals surface area contributed by atoms with E-state index in [0.717, 1.165) is 5.56 Å². The number of alkyl carbamates (subject to hydrolysis) is 1. The number of hydrogen-bond acceptors (Lipinski definition) is 6. The van der Waals surface area contributed by atoms with Crippen LogP contribution in [-0.2, 0) is 4.74 Å². The van der Waals surface area contributed by atoms with Gasteiger partial charge in [0, 0.05) is 18.7 Å². The fraction of sp³-hybridized carbons (Fsp3) is 0.400. The van der Waals surface area contributed by atoms with Crippen molar-refractivity contribution in [3.8, 4) is 11.5 Å². The Bertz CT molecular complexity index is 605. The van der Waals surface area contributed by atoms with Crippen molar-refractivity contribution in [3.05, 3.63) is 30.3 Å². The van der Waals surface area contributed by atoms with Crippen LogP contribution in [0.4, 0.5) is 10.7 Å². The predicted octanol–water partition coefficient (Wildman–Crippen LogP) is 2.67. The lowest BCUT2D eigenvalue weighted by atomic mass is 10.2. The predicted molar refractivity (Wildman–Crippen MR) is 82.5 cm³/mol. The van der Waals surface area contributed by atoms with Crippen molar-refractivity contribution >= 4 is 12.0 Å². The molecule has 118 valence electrons. The average molecular weight is 304 g/mol. The Hall–Kier alpha value is -2.57. The Morgan fingerprint density at radius 3 is 2.64 bits per heavy atom. The van der Waals surface area contributed by atoms with Crippen molar-refractivity contribution in [2.75, 3.05) is 18.4 Å². The SMILES string of the molecule is CC(C)(C)OC(=O)NCCNc1noc(-c2ccccc2)n1. The van der Waals surface area contributed by atoms with E-state index < -0.39 is 11.7 Å². The number of anilines is 1. The molecule has 0 spiro atoms. The molecule has 7 nitrogen and oxygen atoms in total. The van der Waals surface area contributed by atoms with E-state index in [1.165, 1.54) is 0 Å². The number of rotatable bonds is 5. The van der Waals surface area contributed by atoms with Crippen LogP contribution in [0, 0.1) is 0 Å². The van der Waals surface area contributed by atoms with Crippen LogP contribution in [-0.4, -0.2) is 34.9 Å². The largest absolute Gasteiger partial charge is 0.444 e. The molecule has 1 aromatic carbocycles. The Balaban J connectivity index is 1.74. The van der Waals surface area contributed by atoms with Crippen molar-refractivity contribution in [1.29, 1.82) is 0 Å². The van der Waals surface area contributed by atoms with E-state index >= 15 is 0 Å². The summed E-state index contributed by atoms with van der Waals surface area (Å²) in [5.74, 6) is 0.827. The summed E-state index contributed by atoms with van der Waals surface area (Å²) in [6.07, 6.45) is -0.451. The minimum absolute atomic E-state index is 0.379. The highest BCUT2D eigenvalue weighted by Gasteiger charge is 2.15. The first-order valence-electron chi connectivity index (χ1n) is 7.04. The number of nitrogens with zero attached hydrogens (tertiary/aromatic N) is 2. The first kappa shape index (κ1) is 15.8. The van der Waals surface area contributed by atoms with Gasteiger partial charge in [0.1, 0.15) is 5.60 Å². The van der Waals surface area contributed by atoms with E-state index in [0.29, 0.717) is 24.9 Å². The maximum Gasteiger partial charge on any atom is 0.407 e. The second-order valence-electron chi connectivity index (χ2n) is 5.64. The summed E-state index contributed by atoms with van der Waals surface area (Å²) in [7, 11) is 0. The van der Waals surface area contributed by atoms with Crippen molar-refractivity contribution < 1.29 is 14.1 Å². The summed E-state index contributed by atoms with van der Waals surface area (Å²) in [6.45, 7) is 6.30. The molecule has 0 saturated carbocycles. The van der Waals surface area contributed by atoms with Crippen LogP contribution in [0.15, 0.2) is 34.9 Å². The van der Waals surface area contributed by atoms with Crippen molar-refractivity contribution in [1.82, 2.24) is 15.5 Å². The molecule has 2 aromatic rings. The topological polar surface area (TPSA) is 89.3 Å². The molecule has 0 aliphatic heterocycles. The van der Waals surface area contributed by atoms with Gasteiger partial charge in [0.2, 0.25) is 0 Å². The number of nitrogens with one attached hydrogen (secondary N) is 2. The van der Waals surface area contributed by atoms with Crippen LogP contribution in [0.2, 0.25) is 0 Å². The summed E-state index contributed by atoms with van der Waals surface area (Å²) in [5.41, 5.74) is 0.352. The number of amides is 1. The van der Waals surface area contributed by atoms with Gasteiger partial charge in [-0.25, -0.2) is 4.79 Å². The van der Waals surface area contributed by atoms with E-state index in [1.54, 1.807) is 0 Å². The molecule has 1 heterocycles. The summed E-state index contributed by atoms with van der Waals surface area (Å²) < 4.78 is 10.3. The summed E-state index contributed by atoms with van der Waals surface area (Å²) >= 11 is 0. The molecule has 0 aliphatic rings. The number of carbonyl (C=O) groups is 1. The van der Waals surface area contributed by atoms with Crippen molar-refractivity contribution in [3.63, 3.8) is 0 Å². The molecule has 0 atom stereocenters. The van der Waals surface area contributed by atoms with E-state index in [4.69, 9.17) is 9.26 Å². The second kappa shape index (κ2) is 6.93. The highest BCUT2D eigenvalue weighted by Crippen LogP contribution is 2.17. The zero-order valence-electron chi connectivity index (χ0n) is 12.9. The van der Waals surface area contributed by atoms with Gasteiger partial charge in [-0.15, -0.1) is 0 Å². The van der Waals surface area contributed by atoms with Crippen LogP contribution in [0.1, 0.15) is 20.8 Å². The normalized spacial score (nSPS) is 11.0. The molecule has 1 amide bonds. The molecule has 1 aromatic heterocycles. The van der Waals surface area contributed by atoms with Gasteiger partial charge in [0.15, 0.2) is 0 Å². The van der Waals surface area contributed by atoms with Crippen LogP contribution in [0.3, 0.4) is 0 Å². The summed E-state index contributed by atoms with van der Waals surface area (Å²) in [6, 6.07) is 9.50. The minimum Gasteiger partial charge on any atom is -0.444 e. The third-order valence-corrected chi connectivity index (χ3v) is 2.52. The monoisotopic (exact) mass is 304 g/mol. The molecule has 0 bridgehead atoms. The smallest absolute Gasteiger partial charge is 0.407 e. The van der Waals surface area contributed by atoms with E-state index in [9.17, 15) is 4.79 Å². The van der Waals surface area contributed by atoms with Crippen LogP contribution >= 0.6 is 0 Å². The maximum absolute atomic E-state index is 11.4. The zero-order valence-corrected chi connectivity index (χ0v) is 12.9. The van der Waals surface area contributed by atoms with Gasteiger partial charge in [-0.1, -0.05) is 18.2 Å². The number of aromatic nitrogens is 2. The molecule has 2 rings (SSSR count). The molecule has 0 radical (unpaired) electrons. The van der Waals surface area contributed by atoms with Crippen LogP contribution in [0.5, 0.6) is 0 Å². The van der Waals surface area contributed by atoms with Crippen molar-refractivity contribution in [2.45, 2.75) is 26.4 Å². The molecule has 0 aliphatic carbocycles. The highest BCUT2D eigenvalue weighted by molar-refractivity contribution is 5.67. The van der Waals surface area contributed by atoms with Gasteiger partial charge < -0.3 is 19.9 Å². The maximum atomic E-state index is 11.4. The zero-order chi connectivity index (χ0) is 16.0. The van der Waals surface area contributed by atoms with Crippen LogP contribution < -0.4 is 10.6 Å². The highest BCUT2D eigenvalue weighted by atomic mass is 16.6. The van der Waals surface area contributed by atoms with Crippen molar-refractivity contribution in [2.24, 2.45) is 0 Å². The average Bonchev–Trinajstić information content (AvgIpc) is 2.91. The van der Waals surface area contributed by atoms with Gasteiger partial charge >= 0.3 is 6.09 Å². The minimum atomic E-state index is -0.504. The van der Waals surface area contributed by atoms with Gasteiger partial charge in [-0.2, -0.15) is 4.98 Å². The number of hydrogen-bond donors (Lipinski definition) is 2. The molecule has 0 unspecified atom stereocenters. The second-order valence-corrected chi connectivity index (χ2v) is 5.64. The Labute approximate surface area is 129 Å². The molecular formula is C15H20N4O3. The molecule has 22 heavy (non-hydrogen) atoms. The Morgan fingerprint density at radius 2 is 1.95 bits per heavy atom. The number of benzene rings is 1. The fourth-order valence-corrected chi connectivity index (χ4v) is 1.65. The van der Waals surface area contributed by atoms with E-state index in [2.05, 4.69) is 20.8 Å². The van der Waals surface area contributed by atoms with E-state index in [-0.39, 0.29) is 0 Å². The lowest BCUT2D eigenvalue weighted by Crippen LogP contribution is -2.35.